The topological polar surface area (TPSA) is 113 Å². The molecule has 0 aliphatic heterocycles. The van der Waals surface area contributed by atoms with Crippen LogP contribution >= 0.6 is 0 Å². The molecule has 0 spiro atoms. The van der Waals surface area contributed by atoms with Gasteiger partial charge in [0.15, 0.2) is 0 Å². The number of nitriles is 2. The van der Waals surface area contributed by atoms with Crippen molar-refractivity contribution in [2.24, 2.45) is 0 Å². The van der Waals surface area contributed by atoms with Crippen LogP contribution in [-0.4, -0.2) is 16.1 Å². The lowest BCUT2D eigenvalue weighted by atomic mass is 10.2. The van der Waals surface area contributed by atoms with E-state index in [0.29, 0.717) is 16.6 Å². The van der Waals surface area contributed by atoms with Crippen LogP contribution in [0.5, 0.6) is 0 Å². The second-order valence-electron chi connectivity index (χ2n) is 3.68. The number of carboxylic acid groups (broad SMARTS) is 1. The molecule has 1 aromatic carbocycles. The lowest BCUT2D eigenvalue weighted by Crippen LogP contribution is -1.94. The fourth-order valence-corrected chi connectivity index (χ4v) is 1.64. The number of hydrogen-bond donors (Lipinski definition) is 3. The van der Waals surface area contributed by atoms with Crippen molar-refractivity contribution in [3.8, 4) is 12.1 Å². The summed E-state index contributed by atoms with van der Waals surface area (Å²) in [6.45, 7) is 0. The van der Waals surface area contributed by atoms with Crippen LogP contribution in [0.2, 0.25) is 0 Å². The average molecular weight is 252 g/mol. The number of allylic oxidation sites excluding steroid dienone is 1. The van der Waals surface area contributed by atoms with Gasteiger partial charge in [0.2, 0.25) is 0 Å². The summed E-state index contributed by atoms with van der Waals surface area (Å²) in [6, 6.07) is 10.2. The van der Waals surface area contributed by atoms with Gasteiger partial charge in [-0.3, -0.25) is 0 Å². The molecule has 19 heavy (non-hydrogen) atoms. The molecule has 1 aromatic heterocycles. The molecule has 2 rings (SSSR count). The van der Waals surface area contributed by atoms with E-state index in [1.807, 2.05) is 0 Å². The van der Waals surface area contributed by atoms with Gasteiger partial charge in [0.05, 0.1) is 0 Å². The average Bonchev–Trinajstić information content (AvgIpc) is 2.84. The molecule has 0 aliphatic carbocycles. The summed E-state index contributed by atoms with van der Waals surface area (Å²) in [5, 5.41) is 29.7. The molecule has 1 heterocycles. The van der Waals surface area contributed by atoms with Gasteiger partial charge in [0.1, 0.15) is 23.4 Å². The summed E-state index contributed by atoms with van der Waals surface area (Å²) < 4.78 is 0. The summed E-state index contributed by atoms with van der Waals surface area (Å²) in [5.74, 6) is -1.05. The first kappa shape index (κ1) is 12.2. The van der Waals surface area contributed by atoms with E-state index in [1.165, 1.54) is 12.3 Å². The van der Waals surface area contributed by atoms with Gasteiger partial charge >= 0.3 is 5.97 Å². The van der Waals surface area contributed by atoms with Crippen molar-refractivity contribution in [1.29, 1.82) is 10.5 Å². The number of nitrogens with zero attached hydrogens (tertiary/aromatic N) is 2. The van der Waals surface area contributed by atoms with Crippen LogP contribution < -0.4 is 5.32 Å². The Morgan fingerprint density at radius 2 is 2.11 bits per heavy atom. The van der Waals surface area contributed by atoms with Crippen LogP contribution in [0.15, 0.2) is 36.0 Å². The maximum absolute atomic E-state index is 10.9. The minimum atomic E-state index is -1.05. The summed E-state index contributed by atoms with van der Waals surface area (Å²) in [6.07, 6.45) is 1.28. The highest BCUT2D eigenvalue weighted by atomic mass is 16.4. The van der Waals surface area contributed by atoms with Gasteiger partial charge in [-0.25, -0.2) is 4.79 Å². The lowest BCUT2D eigenvalue weighted by Gasteiger charge is -2.01. The number of carboxylic acids is 1. The Morgan fingerprint density at radius 1 is 1.37 bits per heavy atom. The number of H-pyrrole nitrogens is 1. The Hall–Kier alpha value is -3.25. The minimum Gasteiger partial charge on any atom is -0.477 e. The van der Waals surface area contributed by atoms with Gasteiger partial charge in [0.25, 0.3) is 0 Å². The second kappa shape index (κ2) is 4.94. The molecule has 0 aliphatic rings. The SMILES string of the molecule is N#CC(C#N)=CNc1cccc2[nH]c(C(=O)O)cc12. The Bertz CT molecular complexity index is 743. The molecule has 92 valence electrons. The number of anilines is 1. The van der Waals surface area contributed by atoms with Crippen molar-refractivity contribution in [3.05, 3.63) is 41.7 Å². The van der Waals surface area contributed by atoms with Crippen molar-refractivity contribution in [3.63, 3.8) is 0 Å². The number of nitrogens with one attached hydrogen (secondary N) is 2. The highest BCUT2D eigenvalue weighted by Gasteiger charge is 2.09. The third-order valence-corrected chi connectivity index (χ3v) is 2.51. The first-order valence-electron chi connectivity index (χ1n) is 5.27. The fraction of sp³-hybridized carbons (Fsp3) is 0. The Labute approximate surface area is 108 Å². The van der Waals surface area contributed by atoms with Crippen molar-refractivity contribution in [2.75, 3.05) is 5.32 Å². The van der Waals surface area contributed by atoms with E-state index < -0.39 is 5.97 Å². The van der Waals surface area contributed by atoms with E-state index in [9.17, 15) is 4.79 Å². The van der Waals surface area contributed by atoms with Crippen molar-refractivity contribution >= 4 is 22.6 Å². The molecule has 6 nitrogen and oxygen atoms in total. The van der Waals surface area contributed by atoms with E-state index in [-0.39, 0.29) is 11.3 Å². The van der Waals surface area contributed by atoms with E-state index in [1.54, 1.807) is 30.3 Å². The number of aromatic amines is 1. The van der Waals surface area contributed by atoms with Gasteiger partial charge in [-0.1, -0.05) is 6.07 Å². The molecule has 0 unspecified atom stereocenters. The summed E-state index contributed by atoms with van der Waals surface area (Å²) in [5.41, 5.74) is 1.29. The number of rotatable bonds is 3. The molecule has 0 saturated heterocycles. The number of benzene rings is 1. The zero-order chi connectivity index (χ0) is 13.8. The van der Waals surface area contributed by atoms with Crippen LogP contribution in [0.1, 0.15) is 10.5 Å². The Balaban J connectivity index is 2.45. The molecule has 6 heteroatoms. The first-order chi connectivity index (χ1) is 9.15. The quantitative estimate of drug-likeness (QED) is 0.725. The lowest BCUT2D eigenvalue weighted by molar-refractivity contribution is 0.0691. The largest absolute Gasteiger partial charge is 0.477 e. The standard InChI is InChI=1S/C13H8N4O2/c14-5-8(6-15)7-16-10-2-1-3-11-9(10)4-12(17-11)13(18)19/h1-4,7,16-17H,(H,18,19). The molecule has 0 fully saturated rings. The van der Waals surface area contributed by atoms with Crippen LogP contribution in [0.4, 0.5) is 5.69 Å². The zero-order valence-electron chi connectivity index (χ0n) is 9.64. The number of aromatic nitrogens is 1. The van der Waals surface area contributed by atoms with E-state index in [0.717, 1.165) is 0 Å². The molecular formula is C13H8N4O2. The number of carbonyl (C=O) groups is 1. The predicted molar refractivity (Wildman–Crippen MR) is 68.2 cm³/mol. The second-order valence-corrected chi connectivity index (χ2v) is 3.68. The number of hydrogen-bond acceptors (Lipinski definition) is 4. The van der Waals surface area contributed by atoms with Crippen molar-refractivity contribution in [1.82, 2.24) is 4.98 Å². The first-order valence-corrected chi connectivity index (χ1v) is 5.27. The Morgan fingerprint density at radius 3 is 2.74 bits per heavy atom. The van der Waals surface area contributed by atoms with Gasteiger partial charge in [-0.15, -0.1) is 0 Å². The monoisotopic (exact) mass is 252 g/mol. The number of fused-ring (bicyclic) bond motifs is 1. The summed E-state index contributed by atoms with van der Waals surface area (Å²) in [7, 11) is 0. The van der Waals surface area contributed by atoms with E-state index in [2.05, 4.69) is 10.3 Å². The summed E-state index contributed by atoms with van der Waals surface area (Å²) in [4.78, 5) is 13.7. The highest BCUT2D eigenvalue weighted by molar-refractivity contribution is 5.99. The minimum absolute atomic E-state index is 0.0639. The van der Waals surface area contributed by atoms with Gasteiger partial charge in [-0.05, 0) is 18.2 Å². The molecule has 3 N–H and O–H groups in total. The van der Waals surface area contributed by atoms with Gasteiger partial charge in [-0.2, -0.15) is 10.5 Å². The maximum atomic E-state index is 10.9. The smallest absolute Gasteiger partial charge is 0.352 e. The number of aromatic carboxylic acids is 1. The van der Waals surface area contributed by atoms with Crippen LogP contribution in [0, 0.1) is 22.7 Å². The fourth-order valence-electron chi connectivity index (χ4n) is 1.64. The predicted octanol–water partition coefficient (Wildman–Crippen LogP) is 2.21. The molecule has 0 saturated carbocycles. The van der Waals surface area contributed by atoms with Crippen LogP contribution in [-0.2, 0) is 0 Å². The maximum Gasteiger partial charge on any atom is 0.352 e. The van der Waals surface area contributed by atoms with Gasteiger partial charge in [0, 0.05) is 22.8 Å². The molecule has 2 aromatic rings. The van der Waals surface area contributed by atoms with Crippen molar-refractivity contribution in [2.45, 2.75) is 0 Å². The molecule has 0 radical (unpaired) electrons. The van der Waals surface area contributed by atoms with Crippen LogP contribution in [0.25, 0.3) is 10.9 Å². The normalized spacial score (nSPS) is 9.37. The Kier molecular flexibility index (Phi) is 3.18. The third kappa shape index (κ3) is 2.38. The van der Waals surface area contributed by atoms with Crippen molar-refractivity contribution < 1.29 is 9.90 Å². The highest BCUT2D eigenvalue weighted by Crippen LogP contribution is 2.24. The van der Waals surface area contributed by atoms with E-state index >= 15 is 0 Å². The molecule has 0 atom stereocenters. The third-order valence-electron chi connectivity index (χ3n) is 2.51. The van der Waals surface area contributed by atoms with E-state index in [4.69, 9.17) is 15.6 Å². The summed E-state index contributed by atoms with van der Waals surface area (Å²) >= 11 is 0. The van der Waals surface area contributed by atoms with Crippen LogP contribution in [0.3, 0.4) is 0 Å². The molecule has 0 bridgehead atoms. The molecule has 0 amide bonds. The molecular weight excluding hydrogens is 244 g/mol. The van der Waals surface area contributed by atoms with Gasteiger partial charge < -0.3 is 15.4 Å². The zero-order valence-corrected chi connectivity index (χ0v) is 9.64.